The van der Waals surface area contributed by atoms with Crippen molar-refractivity contribution in [1.82, 2.24) is 4.90 Å². The summed E-state index contributed by atoms with van der Waals surface area (Å²) >= 11 is 0. The minimum Gasteiger partial charge on any atom is -0.495 e. The van der Waals surface area contributed by atoms with Crippen LogP contribution in [0.4, 0.5) is 25.0 Å². The van der Waals surface area contributed by atoms with E-state index in [1.165, 1.54) is 16.9 Å². The van der Waals surface area contributed by atoms with Gasteiger partial charge in [0.1, 0.15) is 23.9 Å². The summed E-state index contributed by atoms with van der Waals surface area (Å²) in [6.07, 6.45) is 0. The molecule has 8 heteroatoms. The van der Waals surface area contributed by atoms with E-state index in [2.05, 4.69) is 5.32 Å². The minimum absolute atomic E-state index is 0.261. The molecule has 1 aliphatic rings. The summed E-state index contributed by atoms with van der Waals surface area (Å²) in [7, 11) is 1.51. The number of ether oxygens (including phenoxy) is 1. The zero-order valence-corrected chi connectivity index (χ0v) is 14.0. The molecule has 0 saturated carbocycles. The van der Waals surface area contributed by atoms with Crippen LogP contribution in [0.15, 0.2) is 42.5 Å². The molecule has 6 nitrogen and oxygen atoms in total. The summed E-state index contributed by atoms with van der Waals surface area (Å²) in [6.45, 7) is 0.456. The molecule has 26 heavy (non-hydrogen) atoms. The topological polar surface area (TPSA) is 61.9 Å². The Balaban J connectivity index is 1.67. The lowest BCUT2D eigenvalue weighted by Crippen LogP contribution is -2.37. The number of nitrogens with one attached hydrogen (secondary N) is 1. The Labute approximate surface area is 149 Å². The molecule has 3 amide bonds. The van der Waals surface area contributed by atoms with Crippen LogP contribution in [0.25, 0.3) is 0 Å². The zero-order chi connectivity index (χ0) is 18.7. The van der Waals surface area contributed by atoms with Crippen LogP contribution in [-0.4, -0.2) is 43.6 Å². The third-order valence-electron chi connectivity index (χ3n) is 4.01. The molecule has 0 atom stereocenters. The van der Waals surface area contributed by atoms with Crippen molar-refractivity contribution in [2.24, 2.45) is 0 Å². The smallest absolute Gasteiger partial charge is 0.325 e. The Kier molecular flexibility index (Phi) is 5.01. The van der Waals surface area contributed by atoms with E-state index < -0.39 is 17.5 Å². The van der Waals surface area contributed by atoms with E-state index in [9.17, 15) is 18.4 Å². The van der Waals surface area contributed by atoms with Crippen molar-refractivity contribution in [1.29, 1.82) is 0 Å². The largest absolute Gasteiger partial charge is 0.495 e. The van der Waals surface area contributed by atoms with E-state index >= 15 is 0 Å². The number of benzene rings is 2. The summed E-state index contributed by atoms with van der Waals surface area (Å²) in [4.78, 5) is 27.5. The van der Waals surface area contributed by atoms with E-state index in [1.54, 1.807) is 24.3 Å². The molecule has 2 aromatic rings. The maximum atomic E-state index is 13.6. The van der Waals surface area contributed by atoms with Gasteiger partial charge in [-0.05, 0) is 24.3 Å². The Morgan fingerprint density at radius 1 is 1.19 bits per heavy atom. The SMILES string of the molecule is COc1ccccc1N1CCN(CC(=O)Nc2cc(F)ccc2F)C1=O. The lowest BCUT2D eigenvalue weighted by atomic mass is 10.2. The lowest BCUT2D eigenvalue weighted by Gasteiger charge is -2.20. The highest BCUT2D eigenvalue weighted by molar-refractivity contribution is 6.00. The zero-order valence-electron chi connectivity index (χ0n) is 14.0. The number of amides is 3. The lowest BCUT2D eigenvalue weighted by molar-refractivity contribution is -0.116. The number of anilines is 2. The molecule has 0 aromatic heterocycles. The molecular formula is C18H17F2N3O3. The molecule has 1 N–H and O–H groups in total. The van der Waals surface area contributed by atoms with Crippen LogP contribution in [0.1, 0.15) is 0 Å². The van der Waals surface area contributed by atoms with Crippen LogP contribution < -0.4 is 15.0 Å². The quantitative estimate of drug-likeness (QED) is 0.891. The summed E-state index contributed by atoms with van der Waals surface area (Å²) < 4.78 is 32.0. The Morgan fingerprint density at radius 3 is 2.73 bits per heavy atom. The number of carbonyl (C=O) groups excluding carboxylic acids is 2. The normalized spacial score (nSPS) is 13.9. The third-order valence-corrected chi connectivity index (χ3v) is 4.01. The molecule has 2 aromatic carbocycles. The van der Waals surface area contributed by atoms with Gasteiger partial charge in [-0.2, -0.15) is 0 Å². The van der Waals surface area contributed by atoms with Gasteiger partial charge < -0.3 is 15.0 Å². The van der Waals surface area contributed by atoms with Crippen LogP contribution in [0.5, 0.6) is 5.75 Å². The molecule has 0 radical (unpaired) electrons. The number of methoxy groups -OCH3 is 1. The molecule has 0 spiro atoms. The second-order valence-electron chi connectivity index (χ2n) is 5.70. The first-order valence-electron chi connectivity index (χ1n) is 7.94. The molecule has 3 rings (SSSR count). The summed E-state index contributed by atoms with van der Waals surface area (Å²) in [5.74, 6) is -1.47. The highest BCUT2D eigenvalue weighted by atomic mass is 19.1. The van der Waals surface area contributed by atoms with Gasteiger partial charge in [0.15, 0.2) is 0 Å². The fraction of sp³-hybridized carbons (Fsp3) is 0.222. The highest BCUT2D eigenvalue weighted by Gasteiger charge is 2.32. The van der Waals surface area contributed by atoms with Gasteiger partial charge in [-0.15, -0.1) is 0 Å². The average Bonchev–Trinajstić information content (AvgIpc) is 2.98. The van der Waals surface area contributed by atoms with E-state index in [0.29, 0.717) is 24.5 Å². The van der Waals surface area contributed by atoms with E-state index in [0.717, 1.165) is 18.2 Å². The van der Waals surface area contributed by atoms with Gasteiger partial charge in [-0.1, -0.05) is 12.1 Å². The summed E-state index contributed by atoms with van der Waals surface area (Å²) in [5, 5.41) is 2.28. The molecule has 1 aliphatic heterocycles. The number of hydrogen-bond acceptors (Lipinski definition) is 3. The van der Waals surface area contributed by atoms with Gasteiger partial charge in [-0.25, -0.2) is 13.6 Å². The first-order chi connectivity index (χ1) is 12.5. The number of rotatable bonds is 5. The molecule has 0 bridgehead atoms. The second-order valence-corrected chi connectivity index (χ2v) is 5.70. The van der Waals surface area contributed by atoms with Crippen molar-refractivity contribution in [3.63, 3.8) is 0 Å². The van der Waals surface area contributed by atoms with E-state index in [4.69, 9.17) is 4.74 Å². The first-order valence-corrected chi connectivity index (χ1v) is 7.94. The van der Waals surface area contributed by atoms with Crippen LogP contribution in [-0.2, 0) is 4.79 Å². The number of urea groups is 1. The number of nitrogens with zero attached hydrogens (tertiary/aromatic N) is 2. The fourth-order valence-corrected chi connectivity index (χ4v) is 2.76. The van der Waals surface area contributed by atoms with Gasteiger partial charge in [0.25, 0.3) is 0 Å². The Morgan fingerprint density at radius 2 is 1.96 bits per heavy atom. The van der Waals surface area contributed by atoms with Crippen molar-refractivity contribution < 1.29 is 23.1 Å². The molecule has 0 unspecified atom stereocenters. The summed E-state index contributed by atoms with van der Waals surface area (Å²) in [5.41, 5.74) is 0.349. The molecule has 1 fully saturated rings. The Hall–Kier alpha value is -3.16. The van der Waals surface area contributed by atoms with Gasteiger partial charge in [-0.3, -0.25) is 9.69 Å². The van der Waals surface area contributed by atoms with Crippen molar-refractivity contribution >= 4 is 23.3 Å². The van der Waals surface area contributed by atoms with Gasteiger partial charge in [0.05, 0.1) is 18.5 Å². The highest BCUT2D eigenvalue weighted by Crippen LogP contribution is 2.30. The summed E-state index contributed by atoms with van der Waals surface area (Å²) in [6, 6.07) is 9.49. The molecule has 0 aliphatic carbocycles. The standard InChI is InChI=1S/C18H17F2N3O3/c1-26-16-5-3-2-4-15(16)23-9-8-22(18(23)25)11-17(24)21-14-10-12(19)6-7-13(14)20/h2-7,10H,8-9,11H2,1H3,(H,21,24). The fourth-order valence-electron chi connectivity index (χ4n) is 2.76. The van der Waals surface area contributed by atoms with Crippen LogP contribution in [0, 0.1) is 11.6 Å². The minimum atomic E-state index is -0.747. The van der Waals surface area contributed by atoms with Crippen molar-refractivity contribution in [2.45, 2.75) is 0 Å². The monoisotopic (exact) mass is 361 g/mol. The third kappa shape index (κ3) is 3.58. The van der Waals surface area contributed by atoms with Crippen molar-refractivity contribution in [2.75, 3.05) is 37.0 Å². The predicted molar refractivity (Wildman–Crippen MR) is 92.3 cm³/mol. The number of carbonyl (C=O) groups is 2. The maximum absolute atomic E-state index is 13.6. The second kappa shape index (κ2) is 7.38. The number of hydrogen-bond donors (Lipinski definition) is 1. The maximum Gasteiger partial charge on any atom is 0.325 e. The van der Waals surface area contributed by atoms with Crippen LogP contribution in [0.2, 0.25) is 0 Å². The van der Waals surface area contributed by atoms with Crippen molar-refractivity contribution in [3.8, 4) is 5.75 Å². The van der Waals surface area contributed by atoms with Gasteiger partial charge >= 0.3 is 6.03 Å². The Bertz CT molecular complexity index is 844. The van der Waals surface area contributed by atoms with E-state index in [1.807, 2.05) is 0 Å². The first kappa shape index (κ1) is 17.7. The molecule has 1 saturated heterocycles. The van der Waals surface area contributed by atoms with Crippen LogP contribution in [0.3, 0.4) is 0 Å². The molecular weight excluding hydrogens is 344 g/mol. The molecule has 1 heterocycles. The predicted octanol–water partition coefficient (Wildman–Crippen LogP) is 2.85. The number of halogens is 2. The van der Waals surface area contributed by atoms with Gasteiger partial charge in [0, 0.05) is 19.2 Å². The van der Waals surface area contributed by atoms with Gasteiger partial charge in [0.2, 0.25) is 5.91 Å². The average molecular weight is 361 g/mol. The molecule has 136 valence electrons. The number of para-hydroxylation sites is 2. The van der Waals surface area contributed by atoms with E-state index in [-0.39, 0.29) is 18.3 Å². The van der Waals surface area contributed by atoms with Crippen molar-refractivity contribution in [3.05, 3.63) is 54.1 Å². The van der Waals surface area contributed by atoms with Crippen LogP contribution >= 0.6 is 0 Å².